The topological polar surface area (TPSA) is 48.9 Å². The van der Waals surface area contributed by atoms with Crippen molar-refractivity contribution in [1.82, 2.24) is 10.6 Å². The fraction of sp³-hybridized carbons (Fsp3) is 0.350. The zero-order valence-electron chi connectivity index (χ0n) is 15.2. The van der Waals surface area contributed by atoms with Gasteiger partial charge in [-0.1, -0.05) is 35.9 Å². The molecule has 2 aromatic rings. The molecule has 0 bridgehead atoms. The van der Waals surface area contributed by atoms with E-state index >= 15 is 0 Å². The summed E-state index contributed by atoms with van der Waals surface area (Å²) in [5.74, 6) is 1.57. The Labute approximate surface area is 160 Å². The van der Waals surface area contributed by atoms with Gasteiger partial charge in [-0.15, -0.1) is 0 Å². The molecule has 1 aliphatic heterocycles. The van der Waals surface area contributed by atoms with Crippen molar-refractivity contribution in [2.24, 2.45) is 4.99 Å². The summed E-state index contributed by atoms with van der Waals surface area (Å²) in [5, 5.41) is 7.54. The van der Waals surface area contributed by atoms with Crippen molar-refractivity contribution < 1.29 is 4.74 Å². The Bertz CT molecular complexity index is 751. The highest BCUT2D eigenvalue weighted by Crippen LogP contribution is 2.23. The summed E-state index contributed by atoms with van der Waals surface area (Å²) < 4.78 is 5.40. The van der Waals surface area contributed by atoms with Crippen LogP contribution in [-0.4, -0.2) is 39.2 Å². The van der Waals surface area contributed by atoms with Crippen molar-refractivity contribution >= 4 is 23.2 Å². The summed E-state index contributed by atoms with van der Waals surface area (Å²) in [5.41, 5.74) is 2.31. The number of para-hydroxylation sites is 1. The lowest BCUT2D eigenvalue weighted by Crippen LogP contribution is -2.44. The molecule has 5 nitrogen and oxygen atoms in total. The Morgan fingerprint density at radius 1 is 1.27 bits per heavy atom. The largest absolute Gasteiger partial charge is 0.496 e. The summed E-state index contributed by atoms with van der Waals surface area (Å²) in [6, 6.07) is 16.5. The van der Waals surface area contributed by atoms with Crippen LogP contribution >= 0.6 is 11.6 Å². The summed E-state index contributed by atoms with van der Waals surface area (Å²) in [4.78, 5) is 6.74. The van der Waals surface area contributed by atoms with Crippen LogP contribution in [0.1, 0.15) is 12.0 Å². The molecule has 1 saturated heterocycles. The van der Waals surface area contributed by atoms with Gasteiger partial charge in [0.25, 0.3) is 0 Å². The average molecular weight is 373 g/mol. The highest BCUT2D eigenvalue weighted by atomic mass is 35.5. The third-order valence-electron chi connectivity index (χ3n) is 4.57. The smallest absolute Gasteiger partial charge is 0.191 e. The van der Waals surface area contributed by atoms with E-state index in [0.717, 1.165) is 36.8 Å². The number of nitrogens with zero attached hydrogens (tertiary/aromatic N) is 2. The van der Waals surface area contributed by atoms with Gasteiger partial charge in [0, 0.05) is 49.0 Å². The van der Waals surface area contributed by atoms with Gasteiger partial charge in [-0.2, -0.15) is 0 Å². The lowest BCUT2D eigenvalue weighted by Gasteiger charge is -2.20. The van der Waals surface area contributed by atoms with E-state index in [1.54, 1.807) is 14.2 Å². The van der Waals surface area contributed by atoms with Crippen molar-refractivity contribution in [3.8, 4) is 5.75 Å². The van der Waals surface area contributed by atoms with E-state index in [4.69, 9.17) is 16.3 Å². The van der Waals surface area contributed by atoms with Crippen molar-refractivity contribution in [3.05, 3.63) is 59.1 Å². The molecule has 1 heterocycles. The summed E-state index contributed by atoms with van der Waals surface area (Å²) >= 11 is 6.02. The van der Waals surface area contributed by atoms with Gasteiger partial charge in [-0.3, -0.25) is 4.99 Å². The van der Waals surface area contributed by atoms with Crippen LogP contribution < -0.4 is 20.3 Å². The van der Waals surface area contributed by atoms with E-state index in [-0.39, 0.29) is 0 Å². The van der Waals surface area contributed by atoms with Gasteiger partial charge in [0.2, 0.25) is 0 Å². The molecule has 2 aromatic carbocycles. The van der Waals surface area contributed by atoms with Gasteiger partial charge in [0.15, 0.2) is 5.96 Å². The van der Waals surface area contributed by atoms with E-state index in [0.29, 0.717) is 17.6 Å². The monoisotopic (exact) mass is 372 g/mol. The van der Waals surface area contributed by atoms with Gasteiger partial charge < -0.3 is 20.3 Å². The lowest BCUT2D eigenvalue weighted by molar-refractivity contribution is 0.409. The number of guanidine groups is 1. The van der Waals surface area contributed by atoms with Crippen LogP contribution in [0.25, 0.3) is 0 Å². The molecule has 1 aliphatic rings. The number of benzene rings is 2. The molecule has 0 aromatic heterocycles. The number of hydrogen-bond acceptors (Lipinski definition) is 3. The zero-order chi connectivity index (χ0) is 18.4. The van der Waals surface area contributed by atoms with Crippen LogP contribution in [0.3, 0.4) is 0 Å². The first-order valence-corrected chi connectivity index (χ1v) is 9.17. The Kier molecular flexibility index (Phi) is 6.23. The number of ether oxygens (including phenoxy) is 1. The summed E-state index contributed by atoms with van der Waals surface area (Å²) in [7, 11) is 3.44. The second kappa shape index (κ2) is 8.81. The Morgan fingerprint density at radius 3 is 2.81 bits per heavy atom. The molecule has 0 radical (unpaired) electrons. The van der Waals surface area contributed by atoms with Crippen molar-refractivity contribution in [2.45, 2.75) is 19.0 Å². The number of nitrogens with one attached hydrogen (secondary N) is 2. The van der Waals surface area contributed by atoms with Crippen molar-refractivity contribution in [3.63, 3.8) is 0 Å². The molecule has 2 N–H and O–H groups in total. The van der Waals surface area contributed by atoms with Crippen LogP contribution in [0.4, 0.5) is 5.69 Å². The fourth-order valence-electron chi connectivity index (χ4n) is 3.18. The Hall–Kier alpha value is -2.40. The Morgan fingerprint density at radius 2 is 2.08 bits per heavy atom. The highest BCUT2D eigenvalue weighted by molar-refractivity contribution is 6.30. The maximum absolute atomic E-state index is 6.02. The molecule has 1 atom stereocenters. The van der Waals surface area contributed by atoms with Crippen LogP contribution in [-0.2, 0) is 6.54 Å². The number of aliphatic imine (C=N–C) groups is 1. The molecule has 26 heavy (non-hydrogen) atoms. The minimum absolute atomic E-state index is 0.369. The van der Waals surface area contributed by atoms with E-state index in [2.05, 4.69) is 44.8 Å². The van der Waals surface area contributed by atoms with Crippen molar-refractivity contribution in [2.75, 3.05) is 32.1 Å². The quantitative estimate of drug-likeness (QED) is 0.624. The first-order chi connectivity index (χ1) is 12.7. The molecule has 0 spiro atoms. The standard InChI is InChI=1S/C20H25ClN4O/c1-22-20(23-13-15-8-9-16(21)12-19(15)26-2)24-17-10-11-25(14-17)18-6-4-3-5-7-18/h3-9,12,17H,10-11,13-14H2,1-2H3,(H2,22,23,24). The van der Waals surface area contributed by atoms with Gasteiger partial charge in [0.1, 0.15) is 5.75 Å². The number of hydrogen-bond donors (Lipinski definition) is 2. The predicted molar refractivity (Wildman–Crippen MR) is 108 cm³/mol. The molecule has 0 amide bonds. The summed E-state index contributed by atoms with van der Waals surface area (Å²) in [6.45, 7) is 2.63. The van der Waals surface area contributed by atoms with E-state index in [1.807, 2.05) is 24.3 Å². The van der Waals surface area contributed by atoms with Crippen LogP contribution in [0.5, 0.6) is 5.75 Å². The maximum Gasteiger partial charge on any atom is 0.191 e. The lowest BCUT2D eigenvalue weighted by atomic mass is 10.2. The highest BCUT2D eigenvalue weighted by Gasteiger charge is 2.23. The second-order valence-corrected chi connectivity index (χ2v) is 6.73. The number of halogens is 1. The number of anilines is 1. The molecule has 1 unspecified atom stereocenters. The molecule has 0 aliphatic carbocycles. The number of rotatable bonds is 5. The van der Waals surface area contributed by atoms with Crippen molar-refractivity contribution in [1.29, 1.82) is 0 Å². The van der Waals surface area contributed by atoms with E-state index in [9.17, 15) is 0 Å². The predicted octanol–water partition coefficient (Wildman–Crippen LogP) is 3.29. The average Bonchev–Trinajstić information content (AvgIpc) is 3.15. The first-order valence-electron chi connectivity index (χ1n) is 8.79. The molecule has 0 saturated carbocycles. The fourth-order valence-corrected chi connectivity index (χ4v) is 3.34. The van der Waals surface area contributed by atoms with Gasteiger partial charge in [-0.05, 0) is 30.7 Å². The molecular formula is C20H25ClN4O. The van der Waals surface area contributed by atoms with Gasteiger partial charge in [-0.25, -0.2) is 0 Å². The van der Waals surface area contributed by atoms with E-state index < -0.39 is 0 Å². The normalized spacial score (nSPS) is 17.3. The van der Waals surface area contributed by atoms with Gasteiger partial charge in [0.05, 0.1) is 7.11 Å². The molecule has 1 fully saturated rings. The maximum atomic E-state index is 6.02. The third-order valence-corrected chi connectivity index (χ3v) is 4.80. The zero-order valence-corrected chi connectivity index (χ0v) is 16.0. The third kappa shape index (κ3) is 4.61. The van der Waals surface area contributed by atoms with E-state index in [1.165, 1.54) is 5.69 Å². The summed E-state index contributed by atoms with van der Waals surface area (Å²) in [6.07, 6.45) is 1.08. The minimum Gasteiger partial charge on any atom is -0.496 e. The first kappa shape index (κ1) is 18.4. The van der Waals surface area contributed by atoms with Crippen LogP contribution in [0, 0.1) is 0 Å². The molecular weight excluding hydrogens is 348 g/mol. The molecule has 6 heteroatoms. The van der Waals surface area contributed by atoms with Crippen LogP contribution in [0.2, 0.25) is 5.02 Å². The molecule has 138 valence electrons. The Balaban J connectivity index is 1.54. The van der Waals surface area contributed by atoms with Crippen LogP contribution in [0.15, 0.2) is 53.5 Å². The van der Waals surface area contributed by atoms with Gasteiger partial charge >= 0.3 is 0 Å². The second-order valence-electron chi connectivity index (χ2n) is 6.29. The minimum atomic E-state index is 0.369. The number of methoxy groups -OCH3 is 1. The SMILES string of the molecule is CN=C(NCc1ccc(Cl)cc1OC)NC1CCN(c2ccccc2)C1. The molecule has 3 rings (SSSR count).